The van der Waals surface area contributed by atoms with Crippen molar-refractivity contribution in [1.82, 2.24) is 19.5 Å². The van der Waals surface area contributed by atoms with E-state index in [0.717, 1.165) is 23.9 Å². The third-order valence-corrected chi connectivity index (χ3v) is 5.42. The molecule has 0 aliphatic carbocycles. The molecule has 0 aliphatic rings. The van der Waals surface area contributed by atoms with Crippen LogP contribution in [0.4, 0.5) is 13.2 Å². The van der Waals surface area contributed by atoms with Gasteiger partial charge in [0.2, 0.25) is 10.0 Å². The molecule has 1 aromatic heterocycles. The highest BCUT2D eigenvalue weighted by Gasteiger charge is 2.31. The van der Waals surface area contributed by atoms with Crippen LogP contribution in [-0.2, 0) is 16.2 Å². The first kappa shape index (κ1) is 19.1. The van der Waals surface area contributed by atoms with Gasteiger partial charge in [-0.3, -0.25) is 0 Å². The van der Waals surface area contributed by atoms with Crippen molar-refractivity contribution in [3.8, 4) is 5.69 Å². The number of hydrogen-bond acceptors (Lipinski definition) is 4. The average Bonchev–Trinajstić information content (AvgIpc) is 3.15. The van der Waals surface area contributed by atoms with E-state index in [4.69, 9.17) is 0 Å². The first-order chi connectivity index (χ1) is 12.7. The summed E-state index contributed by atoms with van der Waals surface area (Å²) in [4.78, 5) is 3.40. The van der Waals surface area contributed by atoms with Gasteiger partial charge in [-0.15, -0.1) is 0 Å². The molecule has 0 spiro atoms. The zero-order valence-electron chi connectivity index (χ0n) is 14.1. The van der Waals surface area contributed by atoms with Crippen LogP contribution >= 0.6 is 0 Å². The quantitative estimate of drug-likeness (QED) is 0.718. The van der Waals surface area contributed by atoms with Gasteiger partial charge in [-0.1, -0.05) is 18.2 Å². The first-order valence-electron chi connectivity index (χ1n) is 7.81. The number of hydrogen-bond donors (Lipinski definition) is 1. The van der Waals surface area contributed by atoms with Gasteiger partial charge in [0.1, 0.15) is 12.7 Å². The Kier molecular flexibility index (Phi) is 5.03. The standard InChI is InChI=1S/C17H15F3N4O2S/c1-12(13-5-7-15(8-6-13)24-11-21-10-22-24)23-27(25,26)16-4-2-3-14(9-16)17(18,19)20/h2-12,23H,1H3. The van der Waals surface area contributed by atoms with Crippen molar-refractivity contribution in [3.05, 3.63) is 72.3 Å². The van der Waals surface area contributed by atoms with Crippen LogP contribution in [0.2, 0.25) is 0 Å². The molecule has 0 aliphatic heterocycles. The van der Waals surface area contributed by atoms with E-state index in [0.29, 0.717) is 11.6 Å². The summed E-state index contributed by atoms with van der Waals surface area (Å²) in [5.41, 5.74) is 0.369. The summed E-state index contributed by atoms with van der Waals surface area (Å²) in [5.74, 6) is 0. The summed E-state index contributed by atoms with van der Waals surface area (Å²) >= 11 is 0. The molecule has 2 aromatic carbocycles. The van der Waals surface area contributed by atoms with Crippen LogP contribution in [0.3, 0.4) is 0 Å². The van der Waals surface area contributed by atoms with Crippen LogP contribution < -0.4 is 4.72 Å². The minimum atomic E-state index is -4.62. The van der Waals surface area contributed by atoms with Gasteiger partial charge in [0, 0.05) is 6.04 Å². The monoisotopic (exact) mass is 396 g/mol. The van der Waals surface area contributed by atoms with Gasteiger partial charge >= 0.3 is 6.18 Å². The lowest BCUT2D eigenvalue weighted by molar-refractivity contribution is -0.137. The Bertz CT molecular complexity index is 1020. The van der Waals surface area contributed by atoms with Crippen molar-refractivity contribution in [1.29, 1.82) is 0 Å². The van der Waals surface area contributed by atoms with Crippen LogP contribution in [0.15, 0.2) is 66.1 Å². The number of sulfonamides is 1. The molecule has 6 nitrogen and oxygen atoms in total. The second-order valence-corrected chi connectivity index (χ2v) is 7.51. The summed E-state index contributed by atoms with van der Waals surface area (Å²) in [6.07, 6.45) is -1.71. The number of nitrogens with one attached hydrogen (secondary N) is 1. The van der Waals surface area contributed by atoms with E-state index < -0.39 is 32.7 Å². The average molecular weight is 396 g/mol. The Morgan fingerprint density at radius 1 is 1.11 bits per heavy atom. The van der Waals surface area contributed by atoms with E-state index in [-0.39, 0.29) is 0 Å². The molecule has 0 saturated heterocycles. The smallest absolute Gasteiger partial charge is 0.223 e. The van der Waals surface area contributed by atoms with E-state index >= 15 is 0 Å². The Hall–Kier alpha value is -2.72. The SMILES string of the molecule is CC(NS(=O)(=O)c1cccc(C(F)(F)F)c1)c1ccc(-n2cncn2)cc1. The molecular weight excluding hydrogens is 381 g/mol. The summed E-state index contributed by atoms with van der Waals surface area (Å²) in [7, 11) is -4.12. The maximum atomic E-state index is 12.8. The zero-order valence-corrected chi connectivity index (χ0v) is 14.9. The Labute approximate surface area is 153 Å². The molecule has 0 amide bonds. The Balaban J connectivity index is 1.79. The minimum Gasteiger partial charge on any atom is -0.223 e. The molecule has 0 saturated carbocycles. The van der Waals surface area contributed by atoms with Crippen molar-refractivity contribution < 1.29 is 21.6 Å². The lowest BCUT2D eigenvalue weighted by Gasteiger charge is -2.16. The fraction of sp³-hybridized carbons (Fsp3) is 0.176. The fourth-order valence-electron chi connectivity index (χ4n) is 2.47. The molecule has 0 radical (unpaired) electrons. The summed E-state index contributed by atoms with van der Waals surface area (Å²) in [6, 6.07) is 9.86. The topological polar surface area (TPSA) is 76.9 Å². The highest BCUT2D eigenvalue weighted by Crippen LogP contribution is 2.30. The van der Waals surface area contributed by atoms with Gasteiger partial charge < -0.3 is 0 Å². The third-order valence-electron chi connectivity index (χ3n) is 3.88. The maximum absolute atomic E-state index is 12.8. The number of benzene rings is 2. The van der Waals surface area contributed by atoms with Crippen molar-refractivity contribution in [3.63, 3.8) is 0 Å². The zero-order chi connectivity index (χ0) is 19.7. The molecule has 0 fully saturated rings. The van der Waals surface area contributed by atoms with Crippen LogP contribution in [-0.4, -0.2) is 23.2 Å². The fourth-order valence-corrected chi connectivity index (χ4v) is 3.74. The number of rotatable bonds is 5. The van der Waals surface area contributed by atoms with Crippen LogP contribution in [0.25, 0.3) is 5.69 Å². The van der Waals surface area contributed by atoms with Gasteiger partial charge in [0.15, 0.2) is 0 Å². The molecule has 142 valence electrons. The van der Waals surface area contributed by atoms with E-state index in [1.54, 1.807) is 35.9 Å². The maximum Gasteiger partial charge on any atom is 0.416 e. The molecule has 10 heteroatoms. The molecule has 3 aromatic rings. The lowest BCUT2D eigenvalue weighted by atomic mass is 10.1. The van der Waals surface area contributed by atoms with Gasteiger partial charge in [0.25, 0.3) is 0 Å². The van der Waals surface area contributed by atoms with Crippen molar-refractivity contribution in [2.45, 2.75) is 24.0 Å². The van der Waals surface area contributed by atoms with E-state index in [9.17, 15) is 21.6 Å². The Morgan fingerprint density at radius 2 is 1.81 bits per heavy atom. The highest BCUT2D eigenvalue weighted by atomic mass is 32.2. The highest BCUT2D eigenvalue weighted by molar-refractivity contribution is 7.89. The largest absolute Gasteiger partial charge is 0.416 e. The predicted molar refractivity (Wildman–Crippen MR) is 91.5 cm³/mol. The number of nitrogens with zero attached hydrogens (tertiary/aromatic N) is 3. The van der Waals surface area contributed by atoms with Crippen LogP contribution in [0.1, 0.15) is 24.1 Å². The summed E-state index contributed by atoms with van der Waals surface area (Å²) in [5, 5.41) is 3.99. The van der Waals surface area contributed by atoms with Crippen LogP contribution in [0, 0.1) is 0 Å². The molecule has 1 N–H and O–H groups in total. The molecule has 1 unspecified atom stereocenters. The van der Waals surface area contributed by atoms with Crippen LogP contribution in [0.5, 0.6) is 0 Å². The first-order valence-corrected chi connectivity index (χ1v) is 9.30. The second kappa shape index (κ2) is 7.12. The van der Waals surface area contributed by atoms with Crippen molar-refractivity contribution >= 4 is 10.0 Å². The lowest BCUT2D eigenvalue weighted by Crippen LogP contribution is -2.27. The summed E-state index contributed by atoms with van der Waals surface area (Å²) in [6.45, 7) is 1.61. The van der Waals surface area contributed by atoms with Gasteiger partial charge in [-0.25, -0.2) is 22.8 Å². The Morgan fingerprint density at radius 3 is 2.41 bits per heavy atom. The molecule has 1 atom stereocenters. The van der Waals surface area contributed by atoms with E-state index in [2.05, 4.69) is 14.8 Å². The number of alkyl halides is 3. The molecule has 3 rings (SSSR count). The normalized spacial score (nSPS) is 13.5. The van der Waals surface area contributed by atoms with Crippen molar-refractivity contribution in [2.75, 3.05) is 0 Å². The number of halogens is 3. The molecule has 27 heavy (non-hydrogen) atoms. The molecule has 1 heterocycles. The number of aromatic nitrogens is 3. The molecule has 0 bridgehead atoms. The second-order valence-electron chi connectivity index (χ2n) is 5.80. The van der Waals surface area contributed by atoms with Gasteiger partial charge in [-0.05, 0) is 42.8 Å². The van der Waals surface area contributed by atoms with Crippen molar-refractivity contribution in [2.24, 2.45) is 0 Å². The molecular formula is C17H15F3N4O2S. The predicted octanol–water partition coefficient (Wildman–Crippen LogP) is 3.33. The minimum absolute atomic E-state index is 0.441. The van der Waals surface area contributed by atoms with E-state index in [1.165, 1.54) is 12.7 Å². The van der Waals surface area contributed by atoms with Gasteiger partial charge in [-0.2, -0.15) is 18.3 Å². The van der Waals surface area contributed by atoms with Gasteiger partial charge in [0.05, 0.1) is 16.1 Å². The van der Waals surface area contributed by atoms with E-state index in [1.807, 2.05) is 0 Å². The third kappa shape index (κ3) is 4.34. The summed E-state index contributed by atoms with van der Waals surface area (Å²) < 4.78 is 67.3.